The third-order valence-corrected chi connectivity index (χ3v) is 4.07. The van der Waals surface area contributed by atoms with Crippen molar-refractivity contribution in [3.8, 4) is 0 Å². The number of carbonyl (C=O) groups excluding carboxylic acids is 1. The SMILES string of the molecule is CC(C)c1cccc(C(C)C)c1C(=O)N[Si](C)(C)C. The lowest BCUT2D eigenvalue weighted by molar-refractivity contribution is 0.0975. The lowest BCUT2D eigenvalue weighted by atomic mass is 9.88. The summed E-state index contributed by atoms with van der Waals surface area (Å²) in [6.45, 7) is 15.0. The first-order valence-electron chi connectivity index (χ1n) is 7.08. The van der Waals surface area contributed by atoms with Crippen LogP contribution in [0.1, 0.15) is 61.0 Å². The summed E-state index contributed by atoms with van der Waals surface area (Å²) in [5, 5.41) is 0. The fourth-order valence-electron chi connectivity index (χ4n) is 2.22. The van der Waals surface area contributed by atoms with Crippen molar-refractivity contribution in [2.75, 3.05) is 0 Å². The van der Waals surface area contributed by atoms with Gasteiger partial charge in [0.25, 0.3) is 0 Å². The number of amides is 1. The molecule has 0 spiro atoms. The quantitative estimate of drug-likeness (QED) is 0.807. The van der Waals surface area contributed by atoms with Crippen LogP contribution in [0.3, 0.4) is 0 Å². The Morgan fingerprint density at radius 3 is 1.74 bits per heavy atom. The monoisotopic (exact) mass is 277 g/mol. The van der Waals surface area contributed by atoms with Gasteiger partial charge in [-0.2, -0.15) is 0 Å². The second-order valence-corrected chi connectivity index (χ2v) is 11.6. The molecule has 1 aromatic carbocycles. The molecule has 2 nitrogen and oxygen atoms in total. The number of hydrogen-bond donors (Lipinski definition) is 1. The van der Waals surface area contributed by atoms with Gasteiger partial charge in [-0.05, 0) is 23.0 Å². The molecule has 0 fully saturated rings. The minimum Gasteiger partial charge on any atom is -0.378 e. The number of rotatable bonds is 4. The summed E-state index contributed by atoms with van der Waals surface area (Å²) in [4.78, 5) is 15.9. The molecule has 1 N–H and O–H groups in total. The van der Waals surface area contributed by atoms with Crippen molar-refractivity contribution in [2.45, 2.75) is 59.2 Å². The van der Waals surface area contributed by atoms with Gasteiger partial charge < -0.3 is 4.98 Å². The highest BCUT2D eigenvalue weighted by molar-refractivity contribution is 6.76. The van der Waals surface area contributed by atoms with E-state index in [1.54, 1.807) is 0 Å². The fraction of sp³-hybridized carbons (Fsp3) is 0.562. The maximum atomic E-state index is 12.6. The molecule has 1 amide bonds. The van der Waals surface area contributed by atoms with Crippen molar-refractivity contribution >= 4 is 14.1 Å². The number of benzene rings is 1. The van der Waals surface area contributed by atoms with Crippen molar-refractivity contribution in [1.82, 2.24) is 4.98 Å². The highest BCUT2D eigenvalue weighted by Gasteiger charge is 2.24. The van der Waals surface area contributed by atoms with Crippen LogP contribution in [-0.4, -0.2) is 14.1 Å². The summed E-state index contributed by atoms with van der Waals surface area (Å²) < 4.78 is 0. The fourth-order valence-corrected chi connectivity index (χ4v) is 3.02. The Hall–Kier alpha value is -1.09. The van der Waals surface area contributed by atoms with Crippen LogP contribution < -0.4 is 4.98 Å². The number of hydrogen-bond acceptors (Lipinski definition) is 1. The van der Waals surface area contributed by atoms with E-state index in [1.807, 2.05) is 0 Å². The first-order valence-corrected chi connectivity index (χ1v) is 10.6. The normalized spacial score (nSPS) is 12.1. The predicted molar refractivity (Wildman–Crippen MR) is 85.4 cm³/mol. The Balaban J connectivity index is 3.33. The van der Waals surface area contributed by atoms with E-state index in [2.05, 4.69) is 70.5 Å². The van der Waals surface area contributed by atoms with Gasteiger partial charge in [-0.3, -0.25) is 4.79 Å². The van der Waals surface area contributed by atoms with Crippen LogP contribution in [-0.2, 0) is 0 Å². The molecule has 0 aromatic heterocycles. The van der Waals surface area contributed by atoms with E-state index in [0.717, 1.165) is 16.7 Å². The predicted octanol–water partition coefficient (Wildman–Crippen LogP) is 4.50. The van der Waals surface area contributed by atoms with Gasteiger partial charge >= 0.3 is 0 Å². The third-order valence-electron chi connectivity index (χ3n) is 3.09. The summed E-state index contributed by atoms with van der Waals surface area (Å²) in [7, 11) is -1.62. The molecule has 0 saturated carbocycles. The van der Waals surface area contributed by atoms with Crippen LogP contribution in [0.4, 0.5) is 0 Å². The molecule has 0 aliphatic rings. The molecule has 0 unspecified atom stereocenters. The Kier molecular flexibility index (Phi) is 4.96. The first kappa shape index (κ1) is 16.0. The zero-order chi connectivity index (χ0) is 14.8. The van der Waals surface area contributed by atoms with Crippen molar-refractivity contribution < 1.29 is 4.79 Å². The zero-order valence-corrected chi connectivity index (χ0v) is 14.3. The van der Waals surface area contributed by atoms with Gasteiger partial charge in [-0.1, -0.05) is 65.5 Å². The highest BCUT2D eigenvalue weighted by atomic mass is 28.3. The molecule has 1 aromatic rings. The summed E-state index contributed by atoms with van der Waals surface area (Å²) in [5.74, 6) is 0.828. The molecule has 0 atom stereocenters. The minimum absolute atomic E-state index is 0.104. The second kappa shape index (κ2) is 5.91. The average molecular weight is 277 g/mol. The van der Waals surface area contributed by atoms with E-state index in [1.165, 1.54) is 0 Å². The zero-order valence-electron chi connectivity index (χ0n) is 13.3. The molecule has 106 valence electrons. The molecule has 0 aliphatic heterocycles. The molecule has 0 saturated heterocycles. The van der Waals surface area contributed by atoms with Crippen LogP contribution in [0, 0.1) is 0 Å². The van der Waals surface area contributed by atoms with E-state index >= 15 is 0 Å². The van der Waals surface area contributed by atoms with Gasteiger partial charge in [0.1, 0.15) is 8.24 Å². The minimum atomic E-state index is -1.62. The Labute approximate surface area is 118 Å². The Morgan fingerprint density at radius 2 is 1.42 bits per heavy atom. The summed E-state index contributed by atoms with van der Waals surface area (Å²) in [6.07, 6.45) is 0. The average Bonchev–Trinajstić information content (AvgIpc) is 2.25. The third kappa shape index (κ3) is 4.20. The molecule has 3 heteroatoms. The van der Waals surface area contributed by atoms with Gasteiger partial charge in [0.05, 0.1) is 0 Å². The molecule has 0 aliphatic carbocycles. The molecule has 1 rings (SSSR count). The second-order valence-electron chi connectivity index (χ2n) is 6.82. The van der Waals surface area contributed by atoms with Gasteiger partial charge in [0.15, 0.2) is 0 Å². The van der Waals surface area contributed by atoms with Crippen molar-refractivity contribution in [2.24, 2.45) is 0 Å². The maximum Gasteiger partial charge on any atom is 0.244 e. The lowest BCUT2D eigenvalue weighted by Gasteiger charge is -2.23. The molecule has 0 heterocycles. The van der Waals surface area contributed by atoms with Gasteiger partial charge in [-0.25, -0.2) is 0 Å². The molecule has 0 radical (unpaired) electrons. The maximum absolute atomic E-state index is 12.6. The van der Waals surface area contributed by atoms with Crippen molar-refractivity contribution in [1.29, 1.82) is 0 Å². The first-order chi connectivity index (χ1) is 8.63. The van der Waals surface area contributed by atoms with E-state index < -0.39 is 8.24 Å². The van der Waals surface area contributed by atoms with Gasteiger partial charge in [0, 0.05) is 5.56 Å². The molecule has 19 heavy (non-hydrogen) atoms. The lowest BCUT2D eigenvalue weighted by Crippen LogP contribution is -2.46. The van der Waals surface area contributed by atoms with Crippen molar-refractivity contribution in [3.63, 3.8) is 0 Å². The van der Waals surface area contributed by atoms with Crippen LogP contribution in [0.15, 0.2) is 18.2 Å². The van der Waals surface area contributed by atoms with E-state index in [9.17, 15) is 4.79 Å². The molecular formula is C16H27NOSi. The number of nitrogens with one attached hydrogen (secondary N) is 1. The smallest absolute Gasteiger partial charge is 0.244 e. The van der Waals surface area contributed by atoms with E-state index in [0.29, 0.717) is 11.8 Å². The van der Waals surface area contributed by atoms with Crippen LogP contribution >= 0.6 is 0 Å². The largest absolute Gasteiger partial charge is 0.378 e. The standard InChI is InChI=1S/C16H27NOSi/c1-11(2)13-9-8-10-14(12(3)4)15(13)16(18)17-19(5,6)7/h8-12H,1-7H3,(H,17,18). The molecule has 0 bridgehead atoms. The highest BCUT2D eigenvalue weighted by Crippen LogP contribution is 2.27. The summed E-state index contributed by atoms with van der Waals surface area (Å²) >= 11 is 0. The topological polar surface area (TPSA) is 29.1 Å². The van der Waals surface area contributed by atoms with Gasteiger partial charge in [-0.15, -0.1) is 0 Å². The van der Waals surface area contributed by atoms with Gasteiger partial charge in [0.2, 0.25) is 5.91 Å². The number of carbonyl (C=O) groups is 1. The van der Waals surface area contributed by atoms with E-state index in [-0.39, 0.29) is 5.91 Å². The summed E-state index contributed by atoms with van der Waals surface area (Å²) in [6, 6.07) is 6.22. The Morgan fingerprint density at radius 1 is 1.00 bits per heavy atom. The van der Waals surface area contributed by atoms with Crippen LogP contribution in [0.2, 0.25) is 19.6 Å². The summed E-state index contributed by atoms with van der Waals surface area (Å²) in [5.41, 5.74) is 3.21. The van der Waals surface area contributed by atoms with Crippen LogP contribution in [0.5, 0.6) is 0 Å². The molecular weight excluding hydrogens is 250 g/mol. The Bertz CT molecular complexity index is 432. The van der Waals surface area contributed by atoms with E-state index in [4.69, 9.17) is 0 Å². The van der Waals surface area contributed by atoms with Crippen LogP contribution in [0.25, 0.3) is 0 Å². The van der Waals surface area contributed by atoms with Crippen molar-refractivity contribution in [3.05, 3.63) is 34.9 Å².